The van der Waals surface area contributed by atoms with E-state index in [1.54, 1.807) is 25.4 Å². The van der Waals surface area contributed by atoms with Crippen LogP contribution in [0.25, 0.3) is 0 Å². The van der Waals surface area contributed by atoms with Gasteiger partial charge in [0.15, 0.2) is 0 Å². The van der Waals surface area contributed by atoms with Gasteiger partial charge in [0.25, 0.3) is 5.69 Å². The summed E-state index contributed by atoms with van der Waals surface area (Å²) < 4.78 is 5.55. The van der Waals surface area contributed by atoms with E-state index in [9.17, 15) is 10.1 Å². The van der Waals surface area contributed by atoms with Crippen molar-refractivity contribution >= 4 is 5.69 Å². The monoisotopic (exact) mass is 301 g/mol. The fourth-order valence-electron chi connectivity index (χ4n) is 2.29. The van der Waals surface area contributed by atoms with Gasteiger partial charge in [-0.15, -0.1) is 0 Å². The number of hydrogen-bond acceptors (Lipinski definition) is 5. The van der Waals surface area contributed by atoms with Gasteiger partial charge in [-0.05, 0) is 31.5 Å². The molecule has 0 saturated carbocycles. The molecule has 0 radical (unpaired) electrons. The van der Waals surface area contributed by atoms with Crippen molar-refractivity contribution in [2.45, 2.75) is 19.9 Å². The lowest BCUT2D eigenvalue weighted by Crippen LogP contribution is -2.25. The lowest BCUT2D eigenvalue weighted by atomic mass is 10.0. The molecule has 0 bridgehead atoms. The first kappa shape index (κ1) is 15.9. The topological polar surface area (TPSA) is 77.3 Å². The molecule has 0 aliphatic rings. The van der Waals surface area contributed by atoms with Crippen molar-refractivity contribution in [1.82, 2.24) is 10.3 Å². The molecule has 1 aromatic carbocycles. The molecule has 1 unspecified atom stereocenters. The van der Waals surface area contributed by atoms with E-state index in [0.29, 0.717) is 18.7 Å². The van der Waals surface area contributed by atoms with E-state index in [1.165, 1.54) is 6.07 Å². The molecule has 0 aliphatic carbocycles. The van der Waals surface area contributed by atoms with Crippen molar-refractivity contribution in [2.75, 3.05) is 13.2 Å². The van der Waals surface area contributed by atoms with Crippen LogP contribution in [0.2, 0.25) is 0 Å². The van der Waals surface area contributed by atoms with Crippen LogP contribution in [0.5, 0.6) is 5.75 Å². The normalized spacial score (nSPS) is 11.9. The fraction of sp³-hybridized carbons (Fsp3) is 0.312. The van der Waals surface area contributed by atoms with Crippen molar-refractivity contribution in [3.05, 3.63) is 64.0 Å². The van der Waals surface area contributed by atoms with Crippen LogP contribution in [0, 0.1) is 17.0 Å². The Morgan fingerprint density at radius 3 is 2.86 bits per heavy atom. The van der Waals surface area contributed by atoms with Gasteiger partial charge in [0.2, 0.25) is 0 Å². The highest BCUT2D eigenvalue weighted by atomic mass is 16.6. The maximum atomic E-state index is 11.0. The Labute approximate surface area is 129 Å². The average molecular weight is 301 g/mol. The van der Waals surface area contributed by atoms with Crippen molar-refractivity contribution in [3.8, 4) is 5.75 Å². The summed E-state index contributed by atoms with van der Waals surface area (Å²) in [5.74, 6) is 0.725. The van der Waals surface area contributed by atoms with Gasteiger partial charge < -0.3 is 10.1 Å². The van der Waals surface area contributed by atoms with Gasteiger partial charge in [-0.1, -0.05) is 12.1 Å². The highest BCUT2D eigenvalue weighted by Crippen LogP contribution is 2.25. The quantitative estimate of drug-likeness (QED) is 0.483. The number of rotatable bonds is 7. The summed E-state index contributed by atoms with van der Waals surface area (Å²) >= 11 is 0. The number of nitrogens with zero attached hydrogens (tertiary/aromatic N) is 2. The molecular formula is C16H19N3O3. The zero-order valence-corrected chi connectivity index (χ0v) is 12.7. The van der Waals surface area contributed by atoms with Crippen molar-refractivity contribution in [1.29, 1.82) is 0 Å². The maximum absolute atomic E-state index is 11.0. The molecule has 2 aromatic rings. The number of aromatic nitrogens is 1. The number of hydrogen-bond donors (Lipinski definition) is 1. The van der Waals surface area contributed by atoms with Crippen molar-refractivity contribution in [2.24, 2.45) is 0 Å². The van der Waals surface area contributed by atoms with Crippen LogP contribution in [0.3, 0.4) is 0 Å². The summed E-state index contributed by atoms with van der Waals surface area (Å²) in [6.07, 6.45) is 3.35. The molecule has 0 spiro atoms. The highest BCUT2D eigenvalue weighted by molar-refractivity contribution is 5.45. The van der Waals surface area contributed by atoms with Crippen LogP contribution in [0.15, 0.2) is 42.7 Å². The van der Waals surface area contributed by atoms with Crippen LogP contribution >= 0.6 is 0 Å². The Balaban J connectivity index is 1.89. The van der Waals surface area contributed by atoms with Crippen LogP contribution in [0.4, 0.5) is 5.69 Å². The third-order valence-electron chi connectivity index (χ3n) is 3.47. The second kappa shape index (κ2) is 7.51. The summed E-state index contributed by atoms with van der Waals surface area (Å²) in [5.41, 5.74) is 1.77. The number of nitro benzene ring substituents is 1. The highest BCUT2D eigenvalue weighted by Gasteiger charge is 2.16. The minimum Gasteiger partial charge on any atom is -0.491 e. The van der Waals surface area contributed by atoms with E-state index in [4.69, 9.17) is 4.74 Å². The van der Waals surface area contributed by atoms with E-state index in [-0.39, 0.29) is 16.7 Å². The van der Waals surface area contributed by atoms with Gasteiger partial charge in [0, 0.05) is 30.4 Å². The molecule has 1 atom stereocenters. The number of nitrogens with one attached hydrogen (secondary N) is 1. The van der Waals surface area contributed by atoms with Gasteiger partial charge in [-0.25, -0.2) is 0 Å². The first-order chi connectivity index (χ1) is 10.6. The molecule has 1 heterocycles. The zero-order chi connectivity index (χ0) is 15.9. The van der Waals surface area contributed by atoms with Crippen LogP contribution < -0.4 is 10.1 Å². The number of ether oxygens (including phenoxy) is 1. The Bertz CT molecular complexity index is 632. The minimum absolute atomic E-state index is 0.0115. The number of pyridine rings is 1. The summed E-state index contributed by atoms with van der Waals surface area (Å²) in [4.78, 5) is 14.6. The van der Waals surface area contributed by atoms with Gasteiger partial charge in [0.05, 0.1) is 11.1 Å². The van der Waals surface area contributed by atoms with E-state index >= 15 is 0 Å². The second-order valence-electron chi connectivity index (χ2n) is 4.96. The lowest BCUT2D eigenvalue weighted by molar-refractivity contribution is -0.385. The standard InChI is InChI=1S/C16H19N3O3/c1-12-15(6-3-7-16(12)19(20)21)13(2)18-9-10-22-14-5-4-8-17-11-14/h3-8,11,13,18H,9-10H2,1-2H3. The molecule has 1 aromatic heterocycles. The molecule has 1 N–H and O–H groups in total. The SMILES string of the molecule is Cc1c(C(C)NCCOc2cccnc2)cccc1[N+](=O)[O-]. The molecule has 0 saturated heterocycles. The van der Waals surface area contributed by atoms with Crippen molar-refractivity contribution < 1.29 is 9.66 Å². The van der Waals surface area contributed by atoms with Crippen LogP contribution in [-0.4, -0.2) is 23.1 Å². The van der Waals surface area contributed by atoms with E-state index in [1.807, 2.05) is 25.1 Å². The summed E-state index contributed by atoms with van der Waals surface area (Å²) in [6.45, 7) is 4.90. The van der Waals surface area contributed by atoms with Crippen LogP contribution in [-0.2, 0) is 0 Å². The zero-order valence-electron chi connectivity index (χ0n) is 12.7. The Morgan fingerprint density at radius 2 is 2.18 bits per heavy atom. The first-order valence-corrected chi connectivity index (χ1v) is 7.09. The lowest BCUT2D eigenvalue weighted by Gasteiger charge is -2.16. The number of nitro groups is 1. The maximum Gasteiger partial charge on any atom is 0.272 e. The Morgan fingerprint density at radius 1 is 1.36 bits per heavy atom. The Kier molecular flexibility index (Phi) is 5.43. The molecule has 2 rings (SSSR count). The van der Waals surface area contributed by atoms with E-state index in [2.05, 4.69) is 10.3 Å². The molecule has 116 valence electrons. The number of benzene rings is 1. The third-order valence-corrected chi connectivity index (χ3v) is 3.47. The summed E-state index contributed by atoms with van der Waals surface area (Å²) in [6, 6.07) is 8.82. The summed E-state index contributed by atoms with van der Waals surface area (Å²) in [5, 5.41) is 14.3. The summed E-state index contributed by atoms with van der Waals surface area (Å²) in [7, 11) is 0. The fourth-order valence-corrected chi connectivity index (χ4v) is 2.29. The predicted octanol–water partition coefficient (Wildman–Crippen LogP) is 3.03. The molecule has 6 heteroatoms. The van der Waals surface area contributed by atoms with Crippen LogP contribution in [0.1, 0.15) is 24.1 Å². The molecular weight excluding hydrogens is 282 g/mol. The second-order valence-corrected chi connectivity index (χ2v) is 4.96. The molecule has 22 heavy (non-hydrogen) atoms. The largest absolute Gasteiger partial charge is 0.491 e. The van der Waals surface area contributed by atoms with Gasteiger partial charge in [0.1, 0.15) is 12.4 Å². The van der Waals surface area contributed by atoms with E-state index < -0.39 is 0 Å². The Hall–Kier alpha value is -2.47. The average Bonchev–Trinajstić information content (AvgIpc) is 2.52. The smallest absolute Gasteiger partial charge is 0.272 e. The minimum atomic E-state index is -0.350. The predicted molar refractivity (Wildman–Crippen MR) is 84.0 cm³/mol. The van der Waals surface area contributed by atoms with Gasteiger partial charge >= 0.3 is 0 Å². The molecule has 0 fully saturated rings. The van der Waals surface area contributed by atoms with E-state index in [0.717, 1.165) is 11.3 Å². The first-order valence-electron chi connectivity index (χ1n) is 7.09. The molecule has 6 nitrogen and oxygen atoms in total. The van der Waals surface area contributed by atoms with Crippen molar-refractivity contribution in [3.63, 3.8) is 0 Å². The van der Waals surface area contributed by atoms with Gasteiger partial charge in [-0.3, -0.25) is 15.1 Å². The molecule has 0 amide bonds. The third kappa shape index (κ3) is 4.02. The van der Waals surface area contributed by atoms with Gasteiger partial charge in [-0.2, -0.15) is 0 Å². The molecule has 0 aliphatic heterocycles.